The Kier molecular flexibility index (Phi) is 18.8. The zero-order chi connectivity index (χ0) is 34.2. The van der Waals surface area contributed by atoms with Gasteiger partial charge >= 0.3 is 14.1 Å². The zero-order valence-corrected chi connectivity index (χ0v) is 28.2. The van der Waals surface area contributed by atoms with Crippen molar-refractivity contribution in [3.63, 3.8) is 0 Å². The van der Waals surface area contributed by atoms with Gasteiger partial charge in [-0.2, -0.15) is 0 Å². The van der Waals surface area contributed by atoms with Gasteiger partial charge in [0.25, 0.3) is 0 Å². The van der Waals surface area contributed by atoms with E-state index < -0.39 is 43.8 Å². The van der Waals surface area contributed by atoms with Crippen molar-refractivity contribution in [1.29, 1.82) is 0 Å². The quantitative estimate of drug-likeness (QED) is 0.223. The van der Waals surface area contributed by atoms with Crippen LogP contribution in [0.1, 0.15) is 89.9 Å². The number of nitrogens with zero attached hydrogens (tertiary/aromatic N) is 4. The maximum Gasteiger partial charge on any atom is 0.376 e. The molecule has 0 aromatic carbocycles. The molecule has 0 amide bonds. The molecule has 0 radical (unpaired) electrons. The fourth-order valence-corrected chi connectivity index (χ4v) is 5.63. The van der Waals surface area contributed by atoms with Crippen molar-refractivity contribution in [3.05, 3.63) is 63.7 Å². The van der Waals surface area contributed by atoms with Crippen molar-refractivity contribution < 1.29 is 34.1 Å². The smallest absolute Gasteiger partial charge is 0.376 e. The van der Waals surface area contributed by atoms with Crippen molar-refractivity contribution >= 4 is 43.4 Å². The van der Waals surface area contributed by atoms with Crippen molar-refractivity contribution in [1.82, 2.24) is 19.6 Å². The number of alkyl halides is 2. The lowest BCUT2D eigenvalue weighted by Crippen LogP contribution is -2.47. The van der Waals surface area contributed by atoms with Gasteiger partial charge in [0.15, 0.2) is 11.3 Å². The summed E-state index contributed by atoms with van der Waals surface area (Å²) in [6, 6.07) is 3.12. The second-order valence-corrected chi connectivity index (χ2v) is 13.4. The minimum absolute atomic E-state index is 0. The summed E-state index contributed by atoms with van der Waals surface area (Å²) in [5.41, 5.74) is -2.06. The molecule has 2 aliphatic heterocycles. The SMILES string of the molecule is C.C.C=Cc1cnc(C2(F)CCN(B(C)O)CC2)c(Cl)c1.CB(O)N1CCC(F)(c2ncc([C@H](O)CO)cc2Cl)CC1.CC(C)(C)O. The average Bonchev–Trinajstić information content (AvgIpc) is 2.96. The molecule has 5 N–H and O–H groups in total. The minimum Gasteiger partial charge on any atom is -0.437 e. The fourth-order valence-electron chi connectivity index (χ4n) is 4.94. The second-order valence-electron chi connectivity index (χ2n) is 12.5. The van der Waals surface area contributed by atoms with Crippen molar-refractivity contribution in [2.24, 2.45) is 0 Å². The molecule has 0 bridgehead atoms. The van der Waals surface area contributed by atoms with E-state index >= 15 is 4.39 Å². The molecule has 2 saturated heterocycles. The van der Waals surface area contributed by atoms with E-state index in [0.717, 1.165) is 5.56 Å². The third-order valence-electron chi connectivity index (χ3n) is 7.60. The minimum atomic E-state index is -1.63. The molecule has 1 atom stereocenters. The van der Waals surface area contributed by atoms with Crippen molar-refractivity contribution in [2.75, 3.05) is 32.8 Å². The molecule has 266 valence electrons. The summed E-state index contributed by atoms with van der Waals surface area (Å²) < 4.78 is 30.0. The second kappa shape index (κ2) is 19.5. The first kappa shape index (κ1) is 45.3. The highest BCUT2D eigenvalue weighted by atomic mass is 35.5. The number of pyridine rings is 2. The molecule has 9 nitrogen and oxygen atoms in total. The lowest BCUT2D eigenvalue weighted by atomic mass is 9.79. The maximum absolute atomic E-state index is 15.0. The van der Waals surface area contributed by atoms with Crippen LogP contribution >= 0.6 is 23.2 Å². The maximum atomic E-state index is 15.0. The normalized spacial score (nSPS) is 18.1. The van der Waals surface area contributed by atoms with Crippen LogP contribution in [0.2, 0.25) is 23.7 Å². The lowest BCUT2D eigenvalue weighted by molar-refractivity contribution is 0.0757. The van der Waals surface area contributed by atoms with E-state index in [1.54, 1.807) is 57.6 Å². The number of hydrogen-bond donors (Lipinski definition) is 5. The molecular weight excluding hydrogens is 651 g/mol. The van der Waals surface area contributed by atoms with Crippen LogP contribution in [0.5, 0.6) is 0 Å². The molecular formula is C32H54B2Cl2F2N4O5. The highest BCUT2D eigenvalue weighted by Gasteiger charge is 2.41. The number of piperidine rings is 2. The number of aliphatic hydroxyl groups is 3. The van der Waals surface area contributed by atoms with Crippen LogP contribution in [0.15, 0.2) is 31.1 Å². The van der Waals surface area contributed by atoms with E-state index in [1.807, 2.05) is 4.81 Å². The highest BCUT2D eigenvalue weighted by molar-refractivity contribution is 6.45. The summed E-state index contributed by atoms with van der Waals surface area (Å²) in [4.78, 5) is 11.8. The summed E-state index contributed by atoms with van der Waals surface area (Å²) in [5, 5.41) is 46.4. The summed E-state index contributed by atoms with van der Waals surface area (Å²) in [6.07, 6.45) is 4.46. The summed E-state index contributed by atoms with van der Waals surface area (Å²) in [6.45, 7) is 13.6. The van der Waals surface area contributed by atoms with E-state index in [0.29, 0.717) is 42.5 Å². The van der Waals surface area contributed by atoms with Gasteiger partial charge in [-0.05, 0) is 104 Å². The van der Waals surface area contributed by atoms with Crippen LogP contribution < -0.4 is 0 Å². The topological polar surface area (TPSA) is 133 Å². The Morgan fingerprint density at radius 3 is 1.55 bits per heavy atom. The zero-order valence-electron chi connectivity index (χ0n) is 26.7. The molecule has 2 aliphatic rings. The van der Waals surface area contributed by atoms with Gasteiger partial charge in [0.05, 0.1) is 33.6 Å². The average molecular weight is 705 g/mol. The van der Waals surface area contributed by atoms with Crippen molar-refractivity contribution in [2.45, 2.75) is 98.0 Å². The number of halogens is 4. The van der Waals surface area contributed by atoms with Gasteiger partial charge in [-0.1, -0.05) is 50.7 Å². The van der Waals surface area contributed by atoms with Crippen LogP contribution in [0, 0.1) is 0 Å². The number of hydrogen-bond acceptors (Lipinski definition) is 9. The lowest BCUT2D eigenvalue weighted by Gasteiger charge is -2.37. The number of rotatable bonds is 7. The van der Waals surface area contributed by atoms with Gasteiger partial charge in [0.2, 0.25) is 0 Å². The van der Waals surface area contributed by atoms with E-state index in [2.05, 4.69) is 16.5 Å². The van der Waals surface area contributed by atoms with Gasteiger partial charge < -0.3 is 35.0 Å². The Labute approximate surface area is 290 Å². The van der Waals surface area contributed by atoms with Crippen LogP contribution in [0.4, 0.5) is 8.78 Å². The summed E-state index contributed by atoms with van der Waals surface area (Å²) >= 11 is 12.2. The first-order chi connectivity index (χ1) is 20.8. The third kappa shape index (κ3) is 13.6. The van der Waals surface area contributed by atoms with E-state index in [4.69, 9.17) is 33.4 Å². The molecule has 2 aromatic heterocycles. The van der Waals surface area contributed by atoms with Gasteiger partial charge in [-0.25, -0.2) is 8.78 Å². The van der Waals surface area contributed by atoms with Gasteiger partial charge in [-0.3, -0.25) is 9.97 Å². The van der Waals surface area contributed by atoms with Crippen LogP contribution in [0.3, 0.4) is 0 Å². The van der Waals surface area contributed by atoms with Crippen LogP contribution in [0.25, 0.3) is 6.08 Å². The summed E-state index contributed by atoms with van der Waals surface area (Å²) in [5.74, 6) is 0. The largest absolute Gasteiger partial charge is 0.437 e. The fraction of sp³-hybridized carbons (Fsp3) is 0.625. The Bertz CT molecular complexity index is 1240. The molecule has 0 unspecified atom stereocenters. The number of aromatic nitrogens is 2. The molecule has 15 heteroatoms. The Morgan fingerprint density at radius 1 is 0.894 bits per heavy atom. The third-order valence-corrected chi connectivity index (χ3v) is 8.18. The van der Waals surface area contributed by atoms with E-state index in [-0.39, 0.29) is 51.3 Å². The van der Waals surface area contributed by atoms with Gasteiger partial charge in [-0.15, -0.1) is 0 Å². The standard InChI is InChI=1S/C13H19BClFN2O3.C13H17BClFN2O.C4H10O.2CH4/c1-14(21)18-4-2-13(16,3-5-18)12-10(15)6-9(7-17-12)11(20)8-19;1-3-10-8-11(15)12(17-9-10)13(16)4-6-18(7-5-13)14(2)19;1-4(2,3)5;;/h6-7,11,19-21H,2-5,8H2,1H3;3,8-9,19H,1,4-7H2,2H3;5H,1-3H3;2*1H4/t11-;;;;/m1..../s1. The highest BCUT2D eigenvalue weighted by Crippen LogP contribution is 2.41. The Balaban J connectivity index is 0.000000762. The molecule has 0 spiro atoms. The summed E-state index contributed by atoms with van der Waals surface area (Å²) in [7, 11) is -1.14. The molecule has 2 fully saturated rings. The molecule has 4 rings (SSSR count). The monoisotopic (exact) mass is 704 g/mol. The molecule has 47 heavy (non-hydrogen) atoms. The first-order valence-corrected chi connectivity index (χ1v) is 15.8. The van der Waals surface area contributed by atoms with E-state index in [9.17, 15) is 19.5 Å². The molecule has 0 aliphatic carbocycles. The molecule has 0 saturated carbocycles. The van der Waals surface area contributed by atoms with Crippen LogP contribution in [-0.4, -0.2) is 97.4 Å². The van der Waals surface area contributed by atoms with Crippen molar-refractivity contribution in [3.8, 4) is 0 Å². The predicted octanol–water partition coefficient (Wildman–Crippen LogP) is 5.93. The van der Waals surface area contributed by atoms with Gasteiger partial charge in [0.1, 0.15) is 6.10 Å². The van der Waals surface area contributed by atoms with E-state index in [1.165, 1.54) is 12.3 Å². The Morgan fingerprint density at radius 2 is 1.26 bits per heavy atom. The molecule has 4 heterocycles. The first-order valence-electron chi connectivity index (χ1n) is 15.0. The Hall–Kier alpha value is -1.67. The van der Waals surface area contributed by atoms with Crippen LogP contribution in [-0.2, 0) is 11.3 Å². The molecule has 2 aromatic rings. The predicted molar refractivity (Wildman–Crippen MR) is 191 cm³/mol. The number of aliphatic hydroxyl groups excluding tert-OH is 2. The van der Waals surface area contributed by atoms with Gasteiger partial charge in [0, 0.05) is 18.0 Å².